The van der Waals surface area contributed by atoms with E-state index in [-0.39, 0.29) is 0 Å². The van der Waals surface area contributed by atoms with Crippen LogP contribution in [0.2, 0.25) is 10.0 Å². The van der Waals surface area contributed by atoms with Crippen LogP contribution in [0.3, 0.4) is 0 Å². The summed E-state index contributed by atoms with van der Waals surface area (Å²) in [5.41, 5.74) is 1.78. The van der Waals surface area contributed by atoms with Gasteiger partial charge in [0.15, 0.2) is 5.82 Å². The van der Waals surface area contributed by atoms with E-state index in [0.29, 0.717) is 20.6 Å². The molecule has 0 spiro atoms. The van der Waals surface area contributed by atoms with Gasteiger partial charge in [0.25, 0.3) is 0 Å². The van der Waals surface area contributed by atoms with Gasteiger partial charge in [0.1, 0.15) is 0 Å². The van der Waals surface area contributed by atoms with Gasteiger partial charge in [0.05, 0.1) is 6.21 Å². The second kappa shape index (κ2) is 6.44. The Kier molecular flexibility index (Phi) is 4.38. The van der Waals surface area contributed by atoms with Crippen molar-refractivity contribution in [1.82, 2.24) is 14.9 Å². The number of hydrogen-bond donors (Lipinski definition) is 1. The second-order valence-corrected chi connectivity index (χ2v) is 5.73. The molecule has 1 heterocycles. The Morgan fingerprint density at radius 1 is 1.00 bits per heavy atom. The van der Waals surface area contributed by atoms with E-state index in [1.165, 1.54) is 0 Å². The standard InChI is InChI=1S/C15H10Cl2N4S/c16-12-5-1-10(2-6-12)9-18-21-14(19-20-15(21)22)11-3-7-13(17)8-4-11/h1-9H,(H,20,22)/b18-9-. The molecule has 2 aromatic carbocycles. The summed E-state index contributed by atoms with van der Waals surface area (Å²) in [6.45, 7) is 0. The number of benzene rings is 2. The quantitative estimate of drug-likeness (QED) is 0.545. The van der Waals surface area contributed by atoms with Gasteiger partial charge in [-0.1, -0.05) is 35.3 Å². The van der Waals surface area contributed by atoms with Crippen LogP contribution < -0.4 is 0 Å². The van der Waals surface area contributed by atoms with Crippen LogP contribution in [0.1, 0.15) is 5.56 Å². The fourth-order valence-corrected chi connectivity index (χ4v) is 2.29. The Hall–Kier alpha value is -1.95. The van der Waals surface area contributed by atoms with E-state index in [0.717, 1.165) is 11.1 Å². The van der Waals surface area contributed by atoms with E-state index in [1.807, 2.05) is 24.3 Å². The van der Waals surface area contributed by atoms with Gasteiger partial charge in [-0.15, -0.1) is 0 Å². The van der Waals surface area contributed by atoms with Gasteiger partial charge >= 0.3 is 0 Å². The maximum atomic E-state index is 5.90. The van der Waals surface area contributed by atoms with E-state index >= 15 is 0 Å². The highest BCUT2D eigenvalue weighted by molar-refractivity contribution is 7.71. The summed E-state index contributed by atoms with van der Waals surface area (Å²) in [7, 11) is 0. The molecule has 7 heteroatoms. The molecule has 110 valence electrons. The Labute approximate surface area is 142 Å². The average molecular weight is 349 g/mol. The zero-order valence-corrected chi connectivity index (χ0v) is 13.5. The molecule has 3 rings (SSSR count). The fraction of sp³-hybridized carbons (Fsp3) is 0. The molecule has 0 saturated heterocycles. The Morgan fingerprint density at radius 2 is 1.59 bits per heavy atom. The van der Waals surface area contributed by atoms with Crippen LogP contribution in [0, 0.1) is 4.77 Å². The summed E-state index contributed by atoms with van der Waals surface area (Å²) in [5, 5.41) is 12.7. The van der Waals surface area contributed by atoms with Gasteiger partial charge in [-0.05, 0) is 54.2 Å². The molecule has 1 aromatic heterocycles. The third-order valence-electron chi connectivity index (χ3n) is 2.95. The zero-order chi connectivity index (χ0) is 15.5. The van der Waals surface area contributed by atoms with Crippen molar-refractivity contribution >= 4 is 41.6 Å². The molecule has 4 nitrogen and oxygen atoms in total. The van der Waals surface area contributed by atoms with Crippen LogP contribution in [0.25, 0.3) is 11.4 Å². The summed E-state index contributed by atoms with van der Waals surface area (Å²) in [6.07, 6.45) is 1.70. The number of H-pyrrole nitrogens is 1. The summed E-state index contributed by atoms with van der Waals surface area (Å²) < 4.78 is 1.97. The summed E-state index contributed by atoms with van der Waals surface area (Å²) >= 11 is 17.0. The highest BCUT2D eigenvalue weighted by atomic mass is 35.5. The molecule has 1 N–H and O–H groups in total. The van der Waals surface area contributed by atoms with E-state index in [4.69, 9.17) is 35.4 Å². The SMILES string of the molecule is S=c1[nH]nc(-c2ccc(Cl)cc2)n1/N=C\c1ccc(Cl)cc1. The van der Waals surface area contributed by atoms with Crippen LogP contribution in [0.4, 0.5) is 0 Å². The molecule has 0 bridgehead atoms. The fourth-order valence-electron chi connectivity index (χ4n) is 1.86. The van der Waals surface area contributed by atoms with E-state index in [9.17, 15) is 0 Å². The lowest BCUT2D eigenvalue weighted by Crippen LogP contribution is -1.94. The maximum absolute atomic E-state index is 5.90. The predicted octanol–water partition coefficient (Wildman–Crippen LogP) is 4.80. The van der Waals surface area contributed by atoms with Crippen LogP contribution in [-0.4, -0.2) is 21.1 Å². The minimum absolute atomic E-state index is 0.412. The molecule has 0 fully saturated rings. The third-order valence-corrected chi connectivity index (χ3v) is 3.71. The topological polar surface area (TPSA) is 46.0 Å². The van der Waals surface area contributed by atoms with E-state index in [2.05, 4.69) is 15.3 Å². The van der Waals surface area contributed by atoms with Crippen molar-refractivity contribution in [2.75, 3.05) is 0 Å². The zero-order valence-electron chi connectivity index (χ0n) is 11.2. The molecule has 0 unspecified atom stereocenters. The largest absolute Gasteiger partial charge is 0.250 e. The number of halogens is 2. The van der Waals surface area contributed by atoms with Gasteiger partial charge in [-0.3, -0.25) is 0 Å². The monoisotopic (exact) mass is 348 g/mol. The van der Waals surface area contributed by atoms with Crippen LogP contribution in [0.15, 0.2) is 53.6 Å². The smallest absolute Gasteiger partial charge is 0.216 e. The first-order chi connectivity index (χ1) is 10.6. The lowest BCUT2D eigenvalue weighted by atomic mass is 10.2. The molecular weight excluding hydrogens is 339 g/mol. The number of aromatic nitrogens is 3. The number of aromatic amines is 1. The number of nitrogens with one attached hydrogen (secondary N) is 1. The van der Waals surface area contributed by atoms with E-state index < -0.39 is 0 Å². The van der Waals surface area contributed by atoms with Crippen molar-refractivity contribution in [3.05, 3.63) is 68.9 Å². The van der Waals surface area contributed by atoms with Crippen LogP contribution in [0.5, 0.6) is 0 Å². The first-order valence-corrected chi connectivity index (χ1v) is 7.53. The van der Waals surface area contributed by atoms with Crippen molar-refractivity contribution in [2.24, 2.45) is 5.10 Å². The van der Waals surface area contributed by atoms with Gasteiger partial charge in [-0.2, -0.15) is 14.9 Å². The molecule has 0 atom stereocenters. The highest BCUT2D eigenvalue weighted by Crippen LogP contribution is 2.19. The van der Waals surface area contributed by atoms with Crippen molar-refractivity contribution in [3.8, 4) is 11.4 Å². The summed E-state index contributed by atoms with van der Waals surface area (Å²) in [6, 6.07) is 14.7. The van der Waals surface area contributed by atoms with Gasteiger partial charge < -0.3 is 0 Å². The Balaban J connectivity index is 1.97. The molecule has 0 aliphatic carbocycles. The van der Waals surface area contributed by atoms with Crippen LogP contribution in [-0.2, 0) is 0 Å². The lowest BCUT2D eigenvalue weighted by Gasteiger charge is -2.01. The molecule has 0 radical (unpaired) electrons. The van der Waals surface area contributed by atoms with Crippen molar-refractivity contribution in [1.29, 1.82) is 0 Å². The van der Waals surface area contributed by atoms with Gasteiger partial charge in [0, 0.05) is 15.6 Å². The summed E-state index contributed by atoms with van der Waals surface area (Å²) in [4.78, 5) is 0. The first kappa shape index (κ1) is 15.0. The molecule has 0 aliphatic rings. The minimum Gasteiger partial charge on any atom is -0.250 e. The lowest BCUT2D eigenvalue weighted by molar-refractivity contribution is 0.871. The summed E-state index contributed by atoms with van der Waals surface area (Å²) in [5.74, 6) is 0.617. The molecule has 0 saturated carbocycles. The third kappa shape index (κ3) is 3.27. The second-order valence-electron chi connectivity index (χ2n) is 4.47. The van der Waals surface area contributed by atoms with Crippen molar-refractivity contribution < 1.29 is 0 Å². The normalized spacial score (nSPS) is 11.2. The number of nitrogens with zero attached hydrogens (tertiary/aromatic N) is 3. The average Bonchev–Trinajstić information content (AvgIpc) is 2.89. The minimum atomic E-state index is 0.412. The maximum Gasteiger partial charge on any atom is 0.216 e. The van der Waals surface area contributed by atoms with Crippen LogP contribution >= 0.6 is 35.4 Å². The molecule has 22 heavy (non-hydrogen) atoms. The molecule has 3 aromatic rings. The Morgan fingerprint density at radius 3 is 2.23 bits per heavy atom. The Bertz CT molecular complexity index is 864. The van der Waals surface area contributed by atoms with E-state index in [1.54, 1.807) is 35.2 Å². The van der Waals surface area contributed by atoms with Gasteiger partial charge in [-0.25, -0.2) is 5.10 Å². The van der Waals surface area contributed by atoms with Crippen molar-refractivity contribution in [2.45, 2.75) is 0 Å². The molecule has 0 aliphatic heterocycles. The highest BCUT2D eigenvalue weighted by Gasteiger charge is 2.07. The van der Waals surface area contributed by atoms with Crippen molar-refractivity contribution in [3.63, 3.8) is 0 Å². The molecule has 0 amide bonds. The molecular formula is C15H10Cl2N4S. The number of hydrogen-bond acceptors (Lipinski definition) is 3. The van der Waals surface area contributed by atoms with Gasteiger partial charge in [0.2, 0.25) is 4.77 Å². The number of rotatable bonds is 3. The first-order valence-electron chi connectivity index (χ1n) is 6.37. The predicted molar refractivity (Wildman–Crippen MR) is 92.3 cm³/mol.